The van der Waals surface area contributed by atoms with Crippen LogP contribution in [-0.2, 0) is 0 Å². The van der Waals surface area contributed by atoms with Crippen LogP contribution in [0.2, 0.25) is 0 Å². The molecule has 0 spiro atoms. The van der Waals surface area contributed by atoms with Gasteiger partial charge in [0.15, 0.2) is 11.5 Å². The highest BCUT2D eigenvalue weighted by Crippen LogP contribution is 2.41. The van der Waals surface area contributed by atoms with E-state index < -0.39 is 5.97 Å². The molecular weight excluding hydrogens is 248 g/mol. The second-order valence-corrected chi connectivity index (χ2v) is 3.88. The third-order valence-electron chi connectivity index (χ3n) is 2.89. The first-order chi connectivity index (χ1) is 9.12. The van der Waals surface area contributed by atoms with Crippen molar-refractivity contribution in [1.82, 2.24) is 0 Å². The molecule has 5 nitrogen and oxygen atoms in total. The molecule has 0 fully saturated rings. The lowest BCUT2D eigenvalue weighted by Crippen LogP contribution is -1.99. The molecule has 2 rings (SSSR count). The summed E-state index contributed by atoms with van der Waals surface area (Å²) in [6.45, 7) is 0. The molecule has 0 heterocycles. The van der Waals surface area contributed by atoms with Gasteiger partial charge in [0.2, 0.25) is 0 Å². The van der Waals surface area contributed by atoms with Gasteiger partial charge in [-0.1, -0.05) is 6.07 Å². The van der Waals surface area contributed by atoms with Crippen molar-refractivity contribution in [3.05, 3.63) is 29.8 Å². The van der Waals surface area contributed by atoms with Gasteiger partial charge in [0.1, 0.15) is 5.75 Å². The minimum atomic E-state index is -1.00. The molecule has 19 heavy (non-hydrogen) atoms. The lowest BCUT2D eigenvalue weighted by molar-refractivity contribution is 0.0696. The number of ether oxygens (including phenoxy) is 3. The van der Waals surface area contributed by atoms with Gasteiger partial charge in [-0.25, -0.2) is 4.79 Å². The summed E-state index contributed by atoms with van der Waals surface area (Å²) in [6, 6.07) is 6.53. The van der Waals surface area contributed by atoms with Crippen LogP contribution < -0.4 is 14.2 Å². The summed E-state index contributed by atoms with van der Waals surface area (Å²) in [6.07, 6.45) is 0. The minimum absolute atomic E-state index is 0.163. The predicted molar refractivity (Wildman–Crippen MR) is 70.6 cm³/mol. The third kappa shape index (κ3) is 2.14. The van der Waals surface area contributed by atoms with Crippen molar-refractivity contribution in [2.24, 2.45) is 0 Å². The average molecular weight is 262 g/mol. The van der Waals surface area contributed by atoms with Crippen molar-refractivity contribution in [2.45, 2.75) is 0 Å². The molecule has 0 amide bonds. The summed E-state index contributed by atoms with van der Waals surface area (Å²) in [5, 5.41) is 10.5. The number of carboxylic acids is 1. The Morgan fingerprint density at radius 1 is 1.00 bits per heavy atom. The normalized spacial score (nSPS) is 10.3. The molecular formula is C14H14O5. The van der Waals surface area contributed by atoms with Crippen LogP contribution in [0.4, 0.5) is 0 Å². The van der Waals surface area contributed by atoms with E-state index in [0.717, 1.165) is 5.39 Å². The van der Waals surface area contributed by atoms with E-state index in [-0.39, 0.29) is 5.56 Å². The van der Waals surface area contributed by atoms with Gasteiger partial charge in [0.25, 0.3) is 0 Å². The zero-order valence-electron chi connectivity index (χ0n) is 10.9. The molecule has 0 unspecified atom stereocenters. The van der Waals surface area contributed by atoms with Gasteiger partial charge < -0.3 is 19.3 Å². The van der Waals surface area contributed by atoms with Gasteiger partial charge >= 0.3 is 5.97 Å². The van der Waals surface area contributed by atoms with Crippen LogP contribution in [0.5, 0.6) is 17.2 Å². The molecule has 0 aliphatic carbocycles. The molecule has 0 saturated heterocycles. The van der Waals surface area contributed by atoms with E-state index in [1.807, 2.05) is 0 Å². The number of methoxy groups -OCH3 is 3. The Labute approximate surface area is 110 Å². The van der Waals surface area contributed by atoms with Gasteiger partial charge in [0, 0.05) is 0 Å². The van der Waals surface area contributed by atoms with Gasteiger partial charge in [-0.3, -0.25) is 0 Å². The van der Waals surface area contributed by atoms with E-state index in [0.29, 0.717) is 22.6 Å². The van der Waals surface area contributed by atoms with Crippen LogP contribution in [-0.4, -0.2) is 32.4 Å². The number of benzene rings is 2. The number of hydrogen-bond acceptors (Lipinski definition) is 4. The fourth-order valence-electron chi connectivity index (χ4n) is 2.02. The van der Waals surface area contributed by atoms with Crippen molar-refractivity contribution in [1.29, 1.82) is 0 Å². The molecule has 0 saturated carbocycles. The summed E-state index contributed by atoms with van der Waals surface area (Å²) >= 11 is 0. The number of carboxylic acid groups (broad SMARTS) is 1. The molecule has 100 valence electrons. The monoisotopic (exact) mass is 262 g/mol. The highest BCUT2D eigenvalue weighted by Gasteiger charge is 2.16. The summed E-state index contributed by atoms with van der Waals surface area (Å²) in [7, 11) is 4.56. The second-order valence-electron chi connectivity index (χ2n) is 3.88. The van der Waals surface area contributed by atoms with Crippen LogP contribution in [0.25, 0.3) is 10.8 Å². The van der Waals surface area contributed by atoms with Gasteiger partial charge in [0.05, 0.1) is 32.3 Å². The molecule has 0 radical (unpaired) electrons. The zero-order chi connectivity index (χ0) is 14.0. The standard InChI is InChI=1S/C14H14O5/c1-17-10-5-4-8-6-9(14(15)16)7-11(18-2)12(8)13(10)19-3/h4-7H,1-3H3,(H,15,16). The fourth-order valence-corrected chi connectivity index (χ4v) is 2.02. The van der Waals surface area contributed by atoms with Crippen LogP contribution in [0, 0.1) is 0 Å². The molecule has 2 aromatic rings. The second kappa shape index (κ2) is 5.06. The van der Waals surface area contributed by atoms with E-state index in [2.05, 4.69) is 0 Å². The maximum Gasteiger partial charge on any atom is 0.335 e. The maximum absolute atomic E-state index is 11.1. The Kier molecular flexibility index (Phi) is 3.46. The Morgan fingerprint density at radius 2 is 1.68 bits per heavy atom. The summed E-state index contributed by atoms with van der Waals surface area (Å²) in [4.78, 5) is 11.1. The largest absolute Gasteiger partial charge is 0.496 e. The predicted octanol–water partition coefficient (Wildman–Crippen LogP) is 2.56. The maximum atomic E-state index is 11.1. The van der Waals surface area contributed by atoms with Gasteiger partial charge in [-0.15, -0.1) is 0 Å². The van der Waals surface area contributed by atoms with Gasteiger partial charge in [-0.05, 0) is 23.6 Å². The first kappa shape index (κ1) is 13.0. The molecule has 0 bridgehead atoms. The lowest BCUT2D eigenvalue weighted by Gasteiger charge is -2.14. The van der Waals surface area contributed by atoms with Crippen molar-refractivity contribution < 1.29 is 24.1 Å². The number of hydrogen-bond donors (Lipinski definition) is 1. The van der Waals surface area contributed by atoms with Crippen LogP contribution in [0.3, 0.4) is 0 Å². The molecule has 0 aliphatic heterocycles. The van der Waals surface area contributed by atoms with Gasteiger partial charge in [-0.2, -0.15) is 0 Å². The fraction of sp³-hybridized carbons (Fsp3) is 0.214. The number of rotatable bonds is 4. The van der Waals surface area contributed by atoms with E-state index in [9.17, 15) is 4.79 Å². The van der Waals surface area contributed by atoms with Crippen molar-refractivity contribution in [3.63, 3.8) is 0 Å². The Balaban J connectivity index is 2.85. The summed E-state index contributed by atoms with van der Waals surface area (Å²) in [5.41, 5.74) is 0.163. The van der Waals surface area contributed by atoms with E-state index >= 15 is 0 Å². The summed E-state index contributed by atoms with van der Waals surface area (Å²) < 4.78 is 15.8. The number of aromatic carboxylic acids is 1. The SMILES string of the molecule is COc1ccc2cc(C(=O)O)cc(OC)c2c1OC. The Bertz CT molecular complexity index is 633. The average Bonchev–Trinajstić information content (AvgIpc) is 2.44. The van der Waals surface area contributed by atoms with Crippen LogP contribution in [0.1, 0.15) is 10.4 Å². The quantitative estimate of drug-likeness (QED) is 0.917. The first-order valence-electron chi connectivity index (χ1n) is 5.58. The lowest BCUT2D eigenvalue weighted by atomic mass is 10.0. The highest BCUT2D eigenvalue weighted by atomic mass is 16.5. The van der Waals surface area contributed by atoms with Crippen molar-refractivity contribution >= 4 is 16.7 Å². The molecule has 2 aromatic carbocycles. The smallest absolute Gasteiger partial charge is 0.335 e. The number of fused-ring (bicyclic) bond motifs is 1. The minimum Gasteiger partial charge on any atom is -0.496 e. The topological polar surface area (TPSA) is 65.0 Å². The molecule has 1 N–H and O–H groups in total. The Morgan fingerprint density at radius 3 is 2.21 bits per heavy atom. The van der Waals surface area contributed by atoms with Crippen LogP contribution in [0.15, 0.2) is 24.3 Å². The van der Waals surface area contributed by atoms with Crippen LogP contribution >= 0.6 is 0 Å². The molecule has 5 heteroatoms. The Hall–Kier alpha value is -2.43. The van der Waals surface area contributed by atoms with E-state index in [1.54, 1.807) is 25.3 Å². The van der Waals surface area contributed by atoms with Crippen molar-refractivity contribution in [2.75, 3.05) is 21.3 Å². The molecule has 0 aromatic heterocycles. The first-order valence-corrected chi connectivity index (χ1v) is 5.58. The third-order valence-corrected chi connectivity index (χ3v) is 2.89. The zero-order valence-corrected chi connectivity index (χ0v) is 10.9. The molecule has 0 aliphatic rings. The number of carbonyl (C=O) groups is 1. The summed E-state index contributed by atoms with van der Waals surface area (Å²) in [5.74, 6) is 0.519. The van der Waals surface area contributed by atoms with E-state index in [1.165, 1.54) is 20.3 Å². The van der Waals surface area contributed by atoms with Crippen molar-refractivity contribution in [3.8, 4) is 17.2 Å². The molecule has 0 atom stereocenters. The highest BCUT2D eigenvalue weighted by molar-refractivity contribution is 6.01. The van der Waals surface area contributed by atoms with E-state index in [4.69, 9.17) is 19.3 Å².